The van der Waals surface area contributed by atoms with Gasteiger partial charge in [0.25, 0.3) is 10.0 Å². The van der Waals surface area contributed by atoms with Crippen LogP contribution in [-0.4, -0.2) is 61.3 Å². The number of nitrogens with one attached hydrogen (secondary N) is 3. The summed E-state index contributed by atoms with van der Waals surface area (Å²) in [7, 11) is -2.39. The highest BCUT2D eigenvalue weighted by atomic mass is 32.2. The maximum Gasteiger partial charge on any atom is 0.407 e. The molecule has 2 aliphatic rings. The van der Waals surface area contributed by atoms with Crippen LogP contribution in [0.4, 0.5) is 10.5 Å². The van der Waals surface area contributed by atoms with Gasteiger partial charge in [-0.2, -0.15) is 8.42 Å². The molecule has 0 saturated carbocycles. The summed E-state index contributed by atoms with van der Waals surface area (Å²) >= 11 is 0. The van der Waals surface area contributed by atoms with E-state index >= 15 is 0 Å². The standard InChI is InChI=1S/C31H32N6O5S/c1-18(2)28(36-31(39)42-3)30(38)37-12-4-5-26(37)29-32-16-25(35-29)23-9-8-19-13-20(6-7-21(19)14-23)22-10-11-27-24(15-22)33-17-34-43(27,40)41/h6-11,13-18,26,28H,4-5,12H2,1-3H3,(H,32,35)(H,33,34)(H,36,39)/t26-,28-/m0/s1. The van der Waals surface area contributed by atoms with E-state index in [1.807, 2.05) is 44.2 Å². The largest absolute Gasteiger partial charge is 0.453 e. The Morgan fingerprint density at radius 1 is 1.02 bits per heavy atom. The van der Waals surface area contributed by atoms with Crippen LogP contribution in [0, 0.1) is 5.92 Å². The van der Waals surface area contributed by atoms with Crippen molar-refractivity contribution in [2.45, 2.75) is 43.7 Å². The third-order valence-corrected chi connectivity index (χ3v) is 9.29. The molecule has 3 aromatic carbocycles. The molecule has 6 rings (SSSR count). The summed E-state index contributed by atoms with van der Waals surface area (Å²) in [6.07, 6.45) is 3.97. The van der Waals surface area contributed by atoms with Crippen molar-refractivity contribution in [3.8, 4) is 22.4 Å². The number of alkyl carbamates (subject to hydrolysis) is 1. The smallest absolute Gasteiger partial charge is 0.407 e. The van der Waals surface area contributed by atoms with E-state index in [4.69, 9.17) is 4.74 Å². The quantitative estimate of drug-likeness (QED) is 0.280. The topological polar surface area (TPSA) is 146 Å². The fraction of sp³-hybridized carbons (Fsp3) is 0.290. The van der Waals surface area contributed by atoms with Crippen LogP contribution in [-0.2, 0) is 19.6 Å². The molecule has 4 aromatic rings. The molecule has 2 amide bonds. The number of methoxy groups -OCH3 is 1. The van der Waals surface area contributed by atoms with E-state index in [1.54, 1.807) is 23.2 Å². The molecule has 43 heavy (non-hydrogen) atoms. The van der Waals surface area contributed by atoms with Crippen LogP contribution in [0.3, 0.4) is 0 Å². The predicted octanol–water partition coefficient (Wildman–Crippen LogP) is 5.08. The lowest BCUT2D eigenvalue weighted by atomic mass is 9.99. The first-order chi connectivity index (χ1) is 20.6. The average molecular weight is 601 g/mol. The van der Waals surface area contributed by atoms with Crippen LogP contribution in [0.2, 0.25) is 0 Å². The lowest BCUT2D eigenvalue weighted by molar-refractivity contribution is -0.135. The predicted molar refractivity (Wildman–Crippen MR) is 164 cm³/mol. The van der Waals surface area contributed by atoms with Gasteiger partial charge >= 0.3 is 6.09 Å². The summed E-state index contributed by atoms with van der Waals surface area (Å²) in [4.78, 5) is 35.4. The van der Waals surface area contributed by atoms with Crippen LogP contribution < -0.4 is 10.6 Å². The van der Waals surface area contributed by atoms with E-state index in [1.165, 1.54) is 13.4 Å². The molecule has 0 aliphatic carbocycles. The van der Waals surface area contributed by atoms with Gasteiger partial charge < -0.3 is 25.3 Å². The number of rotatable bonds is 6. The van der Waals surface area contributed by atoms with E-state index in [9.17, 15) is 18.0 Å². The van der Waals surface area contributed by atoms with Crippen molar-refractivity contribution in [1.82, 2.24) is 20.2 Å². The van der Waals surface area contributed by atoms with Crippen LogP contribution >= 0.6 is 0 Å². The van der Waals surface area contributed by atoms with E-state index < -0.39 is 22.2 Å². The normalized spacial score (nSPS) is 17.9. The minimum Gasteiger partial charge on any atom is -0.453 e. The molecule has 1 aromatic heterocycles. The fourth-order valence-corrected chi connectivity index (χ4v) is 6.65. The fourth-order valence-electron chi connectivity index (χ4n) is 5.71. The number of aromatic amines is 1. The first-order valence-corrected chi connectivity index (χ1v) is 15.5. The Morgan fingerprint density at radius 3 is 2.47 bits per heavy atom. The highest BCUT2D eigenvalue weighted by Gasteiger charge is 2.37. The molecule has 1 saturated heterocycles. The molecule has 11 nitrogen and oxygen atoms in total. The van der Waals surface area contributed by atoms with Crippen LogP contribution in [0.5, 0.6) is 0 Å². The van der Waals surface area contributed by atoms with Gasteiger partial charge in [-0.3, -0.25) is 4.79 Å². The van der Waals surface area contributed by atoms with Gasteiger partial charge in [-0.15, -0.1) is 4.40 Å². The zero-order valence-electron chi connectivity index (χ0n) is 24.0. The Balaban J connectivity index is 1.23. The van der Waals surface area contributed by atoms with Gasteiger partial charge in [-0.25, -0.2) is 9.78 Å². The van der Waals surface area contributed by atoms with Crippen LogP contribution in [0.1, 0.15) is 38.6 Å². The molecule has 222 valence electrons. The Labute approximate surface area is 249 Å². The molecule has 12 heteroatoms. The number of nitrogens with zero attached hydrogens (tertiary/aromatic N) is 3. The van der Waals surface area contributed by atoms with Crippen molar-refractivity contribution in [3.05, 3.63) is 66.6 Å². The molecule has 3 N–H and O–H groups in total. The van der Waals surface area contributed by atoms with Gasteiger partial charge in [0.1, 0.15) is 23.1 Å². The number of sulfonamides is 1. The summed E-state index contributed by atoms with van der Waals surface area (Å²) in [5.74, 6) is 0.462. The second-order valence-corrected chi connectivity index (χ2v) is 12.7. The number of imidazole rings is 1. The van der Waals surface area contributed by atoms with Crippen molar-refractivity contribution >= 4 is 44.8 Å². The number of H-pyrrole nitrogens is 1. The maximum absolute atomic E-state index is 13.5. The number of amides is 2. The van der Waals surface area contributed by atoms with Crippen molar-refractivity contribution in [1.29, 1.82) is 0 Å². The molecule has 1 fully saturated rings. The summed E-state index contributed by atoms with van der Waals surface area (Å²) in [5.41, 5.74) is 4.15. The van der Waals surface area contributed by atoms with Crippen molar-refractivity contribution in [2.75, 3.05) is 19.0 Å². The van der Waals surface area contributed by atoms with Crippen molar-refractivity contribution < 1.29 is 22.7 Å². The number of hydrogen-bond acceptors (Lipinski definition) is 7. The minimum absolute atomic E-state index is 0.104. The first kappa shape index (κ1) is 28.4. The van der Waals surface area contributed by atoms with Gasteiger partial charge in [-0.05, 0) is 64.9 Å². The molecular formula is C31H32N6O5S. The molecular weight excluding hydrogens is 568 g/mol. The molecule has 0 radical (unpaired) electrons. The molecule has 0 unspecified atom stereocenters. The Hall–Kier alpha value is -4.71. The maximum atomic E-state index is 13.5. The number of hydrogen-bond donors (Lipinski definition) is 3. The zero-order valence-corrected chi connectivity index (χ0v) is 24.8. The average Bonchev–Trinajstić information content (AvgIpc) is 3.69. The first-order valence-electron chi connectivity index (χ1n) is 14.1. The second kappa shape index (κ2) is 11.2. The molecule has 0 spiro atoms. The summed E-state index contributed by atoms with van der Waals surface area (Å²) in [5, 5.41) is 7.67. The molecule has 0 bridgehead atoms. The van der Waals surface area contributed by atoms with E-state index in [-0.39, 0.29) is 22.8 Å². The van der Waals surface area contributed by atoms with Gasteiger partial charge in [0.2, 0.25) is 5.91 Å². The van der Waals surface area contributed by atoms with Gasteiger partial charge in [0.15, 0.2) is 0 Å². The van der Waals surface area contributed by atoms with E-state index in [0.717, 1.165) is 46.0 Å². The van der Waals surface area contributed by atoms with E-state index in [0.29, 0.717) is 18.1 Å². The Morgan fingerprint density at radius 2 is 1.72 bits per heavy atom. The van der Waals surface area contributed by atoms with Gasteiger partial charge in [0, 0.05) is 12.1 Å². The lowest BCUT2D eigenvalue weighted by Crippen LogP contribution is -2.51. The lowest BCUT2D eigenvalue weighted by Gasteiger charge is -2.30. The monoisotopic (exact) mass is 600 g/mol. The highest BCUT2D eigenvalue weighted by Crippen LogP contribution is 2.35. The van der Waals surface area contributed by atoms with Crippen LogP contribution in [0.25, 0.3) is 33.2 Å². The molecule has 2 aliphatic heterocycles. The molecule has 2 atom stereocenters. The van der Waals surface area contributed by atoms with E-state index in [2.05, 4.69) is 37.1 Å². The number of likely N-dealkylation sites (tertiary alicyclic amines) is 1. The SMILES string of the molecule is COC(=O)N[C@H](C(=O)N1CCC[C@H]1c1ncc(-c2ccc3cc(-c4ccc5c(c4)NC=NS5(=O)=O)ccc3c2)[nH]1)C(C)C. The number of benzene rings is 3. The summed E-state index contributed by atoms with van der Waals surface area (Å²) in [6, 6.07) is 16.5. The number of fused-ring (bicyclic) bond motifs is 2. The zero-order chi connectivity index (χ0) is 30.3. The van der Waals surface area contributed by atoms with Crippen molar-refractivity contribution in [3.63, 3.8) is 0 Å². The Kier molecular flexibility index (Phi) is 7.38. The van der Waals surface area contributed by atoms with Crippen LogP contribution in [0.15, 0.2) is 70.1 Å². The van der Waals surface area contributed by atoms with Gasteiger partial charge in [-0.1, -0.05) is 44.2 Å². The number of ether oxygens (including phenoxy) is 1. The number of anilines is 1. The Bertz CT molecular complexity index is 1870. The highest BCUT2D eigenvalue weighted by molar-refractivity contribution is 7.90. The number of carbonyl (C=O) groups is 2. The van der Waals surface area contributed by atoms with Crippen molar-refractivity contribution in [2.24, 2.45) is 10.3 Å². The third kappa shape index (κ3) is 5.45. The van der Waals surface area contributed by atoms with Gasteiger partial charge in [0.05, 0.1) is 30.7 Å². The molecule has 3 heterocycles. The minimum atomic E-state index is -3.67. The second-order valence-electron chi connectivity index (χ2n) is 11.1. The number of carbonyl (C=O) groups excluding carboxylic acids is 2. The third-order valence-electron chi connectivity index (χ3n) is 7.99. The summed E-state index contributed by atoms with van der Waals surface area (Å²) in [6.45, 7) is 4.38. The number of aromatic nitrogens is 2. The summed E-state index contributed by atoms with van der Waals surface area (Å²) < 4.78 is 32.6.